The standard InChI is InChI=1S/C14H22N2O2S/c1-10-4-6-12(7-5-10)16-14(18)8-15-11(2)13(9-17)19-3/h4-7,11,13,15,17H,8-9H2,1-3H3,(H,16,18). The molecule has 0 radical (unpaired) electrons. The highest BCUT2D eigenvalue weighted by Crippen LogP contribution is 2.10. The van der Waals surface area contributed by atoms with E-state index in [1.165, 1.54) is 0 Å². The van der Waals surface area contributed by atoms with E-state index < -0.39 is 0 Å². The Bertz CT molecular complexity index is 391. The van der Waals surface area contributed by atoms with Gasteiger partial charge in [-0.2, -0.15) is 11.8 Å². The predicted molar refractivity (Wildman–Crippen MR) is 81.7 cm³/mol. The first-order valence-electron chi connectivity index (χ1n) is 6.30. The lowest BCUT2D eigenvalue weighted by atomic mass is 10.2. The van der Waals surface area contributed by atoms with Gasteiger partial charge in [0, 0.05) is 17.0 Å². The summed E-state index contributed by atoms with van der Waals surface area (Å²) in [6, 6.07) is 7.77. The number of nitrogens with one attached hydrogen (secondary N) is 2. The topological polar surface area (TPSA) is 61.4 Å². The molecule has 0 saturated carbocycles. The van der Waals surface area contributed by atoms with E-state index in [0.29, 0.717) is 0 Å². The maximum atomic E-state index is 11.8. The molecular weight excluding hydrogens is 260 g/mol. The van der Waals surface area contributed by atoms with Gasteiger partial charge in [0.05, 0.1) is 13.2 Å². The van der Waals surface area contributed by atoms with Crippen LogP contribution in [0.2, 0.25) is 0 Å². The molecule has 0 spiro atoms. The molecule has 0 bridgehead atoms. The van der Waals surface area contributed by atoms with Crippen LogP contribution in [0.3, 0.4) is 0 Å². The number of hydrogen-bond acceptors (Lipinski definition) is 4. The lowest BCUT2D eigenvalue weighted by molar-refractivity contribution is -0.115. The van der Waals surface area contributed by atoms with Gasteiger partial charge in [-0.25, -0.2) is 0 Å². The SMILES string of the molecule is CSC(CO)C(C)NCC(=O)Nc1ccc(C)cc1. The van der Waals surface area contributed by atoms with Gasteiger partial charge in [-0.15, -0.1) is 0 Å². The Morgan fingerprint density at radius 3 is 2.53 bits per heavy atom. The van der Waals surface area contributed by atoms with Crippen LogP contribution in [0.25, 0.3) is 0 Å². The minimum atomic E-state index is -0.0755. The number of hydrogen-bond donors (Lipinski definition) is 3. The first-order chi connectivity index (χ1) is 9.06. The van der Waals surface area contributed by atoms with Crippen molar-refractivity contribution in [2.45, 2.75) is 25.1 Å². The van der Waals surface area contributed by atoms with E-state index in [0.717, 1.165) is 11.3 Å². The highest BCUT2D eigenvalue weighted by atomic mass is 32.2. The van der Waals surface area contributed by atoms with Crippen LogP contribution in [-0.4, -0.2) is 41.7 Å². The summed E-state index contributed by atoms with van der Waals surface area (Å²) >= 11 is 1.59. The first-order valence-corrected chi connectivity index (χ1v) is 7.59. The molecule has 0 aromatic heterocycles. The highest BCUT2D eigenvalue weighted by molar-refractivity contribution is 7.99. The van der Waals surface area contributed by atoms with Gasteiger partial charge < -0.3 is 15.7 Å². The highest BCUT2D eigenvalue weighted by Gasteiger charge is 2.15. The third-order valence-corrected chi connectivity index (χ3v) is 4.12. The van der Waals surface area contributed by atoms with Crippen molar-refractivity contribution in [1.82, 2.24) is 5.32 Å². The molecule has 0 saturated heterocycles. The average Bonchev–Trinajstić information content (AvgIpc) is 2.40. The van der Waals surface area contributed by atoms with E-state index in [1.54, 1.807) is 11.8 Å². The smallest absolute Gasteiger partial charge is 0.238 e. The summed E-state index contributed by atoms with van der Waals surface area (Å²) in [6.07, 6.45) is 1.95. The van der Waals surface area contributed by atoms with Crippen LogP contribution < -0.4 is 10.6 Å². The van der Waals surface area contributed by atoms with Crippen LogP contribution in [0.15, 0.2) is 24.3 Å². The molecule has 1 aromatic rings. The minimum Gasteiger partial charge on any atom is -0.395 e. The number of thioether (sulfide) groups is 1. The lowest BCUT2D eigenvalue weighted by Crippen LogP contribution is -2.41. The van der Waals surface area contributed by atoms with Gasteiger partial charge in [0.25, 0.3) is 0 Å². The predicted octanol–water partition coefficient (Wildman–Crippen LogP) is 1.64. The van der Waals surface area contributed by atoms with E-state index in [4.69, 9.17) is 5.11 Å². The summed E-state index contributed by atoms with van der Waals surface area (Å²) < 4.78 is 0. The fraction of sp³-hybridized carbons (Fsp3) is 0.500. The average molecular weight is 282 g/mol. The van der Waals surface area contributed by atoms with Crippen molar-refractivity contribution in [1.29, 1.82) is 0 Å². The van der Waals surface area contributed by atoms with Gasteiger partial charge in [0.2, 0.25) is 5.91 Å². The summed E-state index contributed by atoms with van der Waals surface area (Å²) in [7, 11) is 0. The molecule has 0 aliphatic rings. The van der Waals surface area contributed by atoms with Crippen molar-refractivity contribution in [2.24, 2.45) is 0 Å². The second kappa shape index (κ2) is 8.19. The number of aryl methyl sites for hydroxylation is 1. The molecule has 0 heterocycles. The van der Waals surface area contributed by atoms with E-state index in [-0.39, 0.29) is 30.4 Å². The molecule has 3 N–H and O–H groups in total. The number of anilines is 1. The molecule has 0 aliphatic heterocycles. The third-order valence-electron chi connectivity index (χ3n) is 2.96. The molecule has 106 valence electrons. The van der Waals surface area contributed by atoms with E-state index in [2.05, 4.69) is 10.6 Å². The van der Waals surface area contributed by atoms with Crippen LogP contribution in [0.1, 0.15) is 12.5 Å². The number of aliphatic hydroxyl groups is 1. The Balaban J connectivity index is 2.37. The van der Waals surface area contributed by atoms with Crippen molar-refractivity contribution in [3.8, 4) is 0 Å². The molecule has 1 aromatic carbocycles. The molecular formula is C14H22N2O2S. The molecule has 2 unspecified atom stereocenters. The van der Waals surface area contributed by atoms with Gasteiger partial charge >= 0.3 is 0 Å². The quantitative estimate of drug-likeness (QED) is 0.711. The minimum absolute atomic E-state index is 0.0755. The summed E-state index contributed by atoms with van der Waals surface area (Å²) in [6.45, 7) is 4.32. The van der Waals surface area contributed by atoms with Crippen LogP contribution in [0.5, 0.6) is 0 Å². The molecule has 5 heteroatoms. The third kappa shape index (κ3) is 5.63. The first kappa shape index (κ1) is 16.0. The van der Waals surface area contributed by atoms with Crippen LogP contribution >= 0.6 is 11.8 Å². The zero-order valence-electron chi connectivity index (χ0n) is 11.6. The fourth-order valence-corrected chi connectivity index (χ4v) is 2.32. The van der Waals surface area contributed by atoms with Gasteiger partial charge in [0.1, 0.15) is 0 Å². The molecule has 1 amide bonds. The number of carbonyl (C=O) groups is 1. The summed E-state index contributed by atoms with van der Waals surface area (Å²) in [4.78, 5) is 11.8. The van der Waals surface area contributed by atoms with Crippen molar-refractivity contribution in [2.75, 3.05) is 24.7 Å². The van der Waals surface area contributed by atoms with Crippen molar-refractivity contribution in [3.63, 3.8) is 0 Å². The molecule has 1 rings (SSSR count). The Morgan fingerprint density at radius 1 is 1.37 bits per heavy atom. The maximum absolute atomic E-state index is 11.8. The fourth-order valence-electron chi connectivity index (χ4n) is 1.66. The number of carbonyl (C=O) groups excluding carboxylic acids is 1. The van der Waals surface area contributed by atoms with Crippen LogP contribution in [0.4, 0.5) is 5.69 Å². The second-order valence-corrected chi connectivity index (χ2v) is 5.62. The summed E-state index contributed by atoms with van der Waals surface area (Å²) in [5.41, 5.74) is 1.96. The number of benzene rings is 1. The van der Waals surface area contributed by atoms with Gasteiger partial charge in [0.15, 0.2) is 0 Å². The number of rotatable bonds is 7. The molecule has 2 atom stereocenters. The Labute approximate surface area is 119 Å². The molecule has 0 aliphatic carbocycles. The Kier molecular flexibility index (Phi) is 6.91. The molecule has 19 heavy (non-hydrogen) atoms. The van der Waals surface area contributed by atoms with E-state index in [1.807, 2.05) is 44.4 Å². The monoisotopic (exact) mass is 282 g/mol. The van der Waals surface area contributed by atoms with Crippen LogP contribution in [-0.2, 0) is 4.79 Å². The Morgan fingerprint density at radius 2 is 2.00 bits per heavy atom. The van der Waals surface area contributed by atoms with Crippen LogP contribution in [0, 0.1) is 6.92 Å². The van der Waals surface area contributed by atoms with Crippen molar-refractivity contribution < 1.29 is 9.90 Å². The van der Waals surface area contributed by atoms with Crippen molar-refractivity contribution >= 4 is 23.4 Å². The lowest BCUT2D eigenvalue weighted by Gasteiger charge is -2.21. The van der Waals surface area contributed by atoms with Gasteiger partial charge in [-0.1, -0.05) is 17.7 Å². The zero-order valence-corrected chi connectivity index (χ0v) is 12.5. The van der Waals surface area contributed by atoms with Gasteiger partial charge in [-0.3, -0.25) is 4.79 Å². The maximum Gasteiger partial charge on any atom is 0.238 e. The molecule has 0 fully saturated rings. The van der Waals surface area contributed by atoms with E-state index >= 15 is 0 Å². The van der Waals surface area contributed by atoms with Crippen molar-refractivity contribution in [3.05, 3.63) is 29.8 Å². The largest absolute Gasteiger partial charge is 0.395 e. The zero-order chi connectivity index (χ0) is 14.3. The normalized spacial score (nSPS) is 13.9. The second-order valence-electron chi connectivity index (χ2n) is 4.54. The summed E-state index contributed by atoms with van der Waals surface area (Å²) in [5, 5.41) is 15.2. The number of amides is 1. The Hall–Kier alpha value is -1.04. The number of aliphatic hydroxyl groups excluding tert-OH is 1. The molecule has 4 nitrogen and oxygen atoms in total. The van der Waals surface area contributed by atoms with Gasteiger partial charge in [-0.05, 0) is 32.2 Å². The summed E-state index contributed by atoms with van der Waals surface area (Å²) in [5.74, 6) is -0.0755. The van der Waals surface area contributed by atoms with E-state index in [9.17, 15) is 4.79 Å².